The Morgan fingerprint density at radius 2 is 1.90 bits per heavy atom. The Balaban J connectivity index is 2.26. The molecule has 0 heterocycles. The fourth-order valence-corrected chi connectivity index (χ4v) is 2.35. The maximum Gasteiger partial charge on any atom is 0.282 e. The lowest BCUT2D eigenvalue weighted by atomic mass is 10.2. The predicted molar refractivity (Wildman–Crippen MR) is 82.0 cm³/mol. The molecule has 1 N–H and O–H groups in total. The highest BCUT2D eigenvalue weighted by molar-refractivity contribution is 14.1. The van der Waals surface area contributed by atoms with E-state index in [-0.39, 0.29) is 11.4 Å². The normalized spacial score (nSPS) is 10.2. The Hall–Kier alpha value is -1.90. The van der Waals surface area contributed by atoms with Crippen LogP contribution in [-0.2, 0) is 0 Å². The number of hydrogen-bond donors (Lipinski definition) is 1. The maximum atomic E-state index is 13.3. The highest BCUT2D eigenvalue weighted by atomic mass is 127. The summed E-state index contributed by atoms with van der Waals surface area (Å²) in [6, 6.07) is 9.03. The molecule has 0 saturated carbocycles. The third kappa shape index (κ3) is 3.16. The summed E-state index contributed by atoms with van der Waals surface area (Å²) in [5.41, 5.74) is 1.36. The van der Waals surface area contributed by atoms with Crippen molar-refractivity contribution in [3.63, 3.8) is 0 Å². The van der Waals surface area contributed by atoms with E-state index >= 15 is 0 Å². The number of nitrogens with one attached hydrogen (secondary N) is 1. The highest BCUT2D eigenvalue weighted by Gasteiger charge is 2.12. The summed E-state index contributed by atoms with van der Waals surface area (Å²) >= 11 is 1.90. The summed E-state index contributed by atoms with van der Waals surface area (Å²) < 4.78 is 18.7. The van der Waals surface area contributed by atoms with Crippen LogP contribution in [0, 0.1) is 19.5 Å². The van der Waals surface area contributed by atoms with Crippen LogP contribution >= 0.6 is 22.6 Å². The molecule has 0 aliphatic rings. The Labute approximate surface area is 128 Å². The van der Waals surface area contributed by atoms with Crippen molar-refractivity contribution in [1.82, 2.24) is 0 Å². The second-order valence-electron chi connectivity index (χ2n) is 3.90. The second-order valence-corrected chi connectivity index (χ2v) is 5.06. The standard InChI is InChI=1S/C13H10FIN2O3/c1-20-13-7-9(2-4-10(13)14)16-8-3-5-12(17(18)19)11(15)6-8/h2-7,16H,1H3. The molecule has 0 atom stereocenters. The number of nitro groups is 1. The molecule has 0 fully saturated rings. The van der Waals surface area contributed by atoms with E-state index in [4.69, 9.17) is 4.74 Å². The Morgan fingerprint density at radius 3 is 2.50 bits per heavy atom. The number of halogens is 2. The number of methoxy groups -OCH3 is 1. The van der Waals surface area contributed by atoms with Crippen LogP contribution < -0.4 is 10.1 Å². The average Bonchev–Trinajstić information content (AvgIpc) is 2.40. The van der Waals surface area contributed by atoms with E-state index in [2.05, 4.69) is 5.32 Å². The van der Waals surface area contributed by atoms with Gasteiger partial charge < -0.3 is 10.1 Å². The SMILES string of the molecule is COc1cc(Nc2ccc([N+](=O)[O-])c(I)c2)ccc1F. The van der Waals surface area contributed by atoms with Gasteiger partial charge in [0.15, 0.2) is 11.6 Å². The summed E-state index contributed by atoms with van der Waals surface area (Å²) in [4.78, 5) is 10.3. The predicted octanol–water partition coefficient (Wildman–Crippen LogP) is 4.09. The number of benzene rings is 2. The summed E-state index contributed by atoms with van der Waals surface area (Å²) in [5.74, 6) is -0.317. The number of rotatable bonds is 4. The van der Waals surface area contributed by atoms with E-state index < -0.39 is 10.7 Å². The van der Waals surface area contributed by atoms with Crippen LogP contribution in [0.5, 0.6) is 5.75 Å². The molecular formula is C13H10FIN2O3. The molecule has 0 saturated heterocycles. The van der Waals surface area contributed by atoms with Crippen molar-refractivity contribution in [2.24, 2.45) is 0 Å². The number of hydrogen-bond acceptors (Lipinski definition) is 4. The lowest BCUT2D eigenvalue weighted by Gasteiger charge is -2.09. The van der Waals surface area contributed by atoms with Crippen LogP contribution in [0.15, 0.2) is 36.4 Å². The van der Waals surface area contributed by atoms with Crippen molar-refractivity contribution in [2.75, 3.05) is 12.4 Å². The molecule has 5 nitrogen and oxygen atoms in total. The van der Waals surface area contributed by atoms with Crippen LogP contribution in [0.3, 0.4) is 0 Å². The molecule has 2 aromatic rings. The van der Waals surface area contributed by atoms with Gasteiger partial charge in [-0.05, 0) is 46.9 Å². The number of nitro benzene ring substituents is 1. The first-order chi connectivity index (χ1) is 9.51. The van der Waals surface area contributed by atoms with Crippen molar-refractivity contribution >= 4 is 39.7 Å². The van der Waals surface area contributed by atoms with E-state index in [1.807, 2.05) is 22.6 Å². The van der Waals surface area contributed by atoms with Gasteiger partial charge in [-0.3, -0.25) is 10.1 Å². The van der Waals surface area contributed by atoms with Gasteiger partial charge in [-0.1, -0.05) is 0 Å². The fourth-order valence-electron chi connectivity index (χ4n) is 1.64. The first-order valence-electron chi connectivity index (χ1n) is 5.56. The van der Waals surface area contributed by atoms with Gasteiger partial charge in [0.2, 0.25) is 0 Å². The maximum absolute atomic E-state index is 13.3. The first-order valence-corrected chi connectivity index (χ1v) is 6.63. The summed E-state index contributed by atoms with van der Waals surface area (Å²) in [7, 11) is 1.39. The molecule has 2 rings (SSSR count). The molecule has 0 aliphatic carbocycles. The van der Waals surface area contributed by atoms with Crippen molar-refractivity contribution in [1.29, 1.82) is 0 Å². The smallest absolute Gasteiger partial charge is 0.282 e. The zero-order valence-electron chi connectivity index (χ0n) is 10.4. The fraction of sp³-hybridized carbons (Fsp3) is 0.0769. The monoisotopic (exact) mass is 388 g/mol. The Kier molecular flexibility index (Phi) is 4.38. The van der Waals surface area contributed by atoms with Crippen LogP contribution in [-0.4, -0.2) is 12.0 Å². The van der Waals surface area contributed by atoms with E-state index in [1.54, 1.807) is 18.2 Å². The molecular weight excluding hydrogens is 378 g/mol. The van der Waals surface area contributed by atoms with Crippen LogP contribution in [0.25, 0.3) is 0 Å². The molecule has 0 spiro atoms. The average molecular weight is 388 g/mol. The molecule has 0 aliphatic heterocycles. The van der Waals surface area contributed by atoms with Gasteiger partial charge in [0, 0.05) is 23.5 Å². The second kappa shape index (κ2) is 6.04. The van der Waals surface area contributed by atoms with Crippen molar-refractivity contribution in [3.05, 3.63) is 55.9 Å². The minimum Gasteiger partial charge on any atom is -0.494 e. The lowest BCUT2D eigenvalue weighted by molar-refractivity contribution is -0.385. The van der Waals surface area contributed by atoms with Crippen LogP contribution in [0.2, 0.25) is 0 Å². The molecule has 0 amide bonds. The third-order valence-corrected chi connectivity index (χ3v) is 3.45. The third-order valence-electron chi connectivity index (χ3n) is 2.58. The zero-order chi connectivity index (χ0) is 14.7. The molecule has 0 unspecified atom stereocenters. The first kappa shape index (κ1) is 14.5. The van der Waals surface area contributed by atoms with Crippen LogP contribution in [0.1, 0.15) is 0 Å². The molecule has 2 aromatic carbocycles. The minimum absolute atomic E-state index is 0.0489. The topological polar surface area (TPSA) is 64.4 Å². The Bertz CT molecular complexity index is 664. The van der Waals surface area contributed by atoms with E-state index in [0.29, 0.717) is 14.9 Å². The van der Waals surface area contributed by atoms with Crippen molar-refractivity contribution in [3.8, 4) is 5.75 Å². The minimum atomic E-state index is -0.448. The lowest BCUT2D eigenvalue weighted by Crippen LogP contribution is -1.96. The van der Waals surface area contributed by atoms with E-state index in [1.165, 1.54) is 25.3 Å². The number of nitrogens with zero attached hydrogens (tertiary/aromatic N) is 1. The summed E-state index contributed by atoms with van der Waals surface area (Å²) in [6.07, 6.45) is 0. The van der Waals surface area contributed by atoms with E-state index in [0.717, 1.165) is 0 Å². The quantitative estimate of drug-likeness (QED) is 0.487. The van der Waals surface area contributed by atoms with Gasteiger partial charge >= 0.3 is 0 Å². The van der Waals surface area contributed by atoms with E-state index in [9.17, 15) is 14.5 Å². The van der Waals surface area contributed by atoms with Gasteiger partial charge in [0.25, 0.3) is 5.69 Å². The van der Waals surface area contributed by atoms with Gasteiger partial charge in [-0.25, -0.2) is 4.39 Å². The van der Waals surface area contributed by atoms with Crippen molar-refractivity contribution < 1.29 is 14.1 Å². The zero-order valence-corrected chi connectivity index (χ0v) is 12.5. The molecule has 0 radical (unpaired) electrons. The number of anilines is 2. The summed E-state index contributed by atoms with van der Waals surface area (Å²) in [6.45, 7) is 0. The van der Waals surface area contributed by atoms with Gasteiger partial charge in [0.05, 0.1) is 15.6 Å². The Morgan fingerprint density at radius 1 is 1.25 bits per heavy atom. The largest absolute Gasteiger partial charge is 0.494 e. The molecule has 20 heavy (non-hydrogen) atoms. The molecule has 0 bridgehead atoms. The number of ether oxygens (including phenoxy) is 1. The highest BCUT2D eigenvalue weighted by Crippen LogP contribution is 2.28. The van der Waals surface area contributed by atoms with Gasteiger partial charge in [-0.2, -0.15) is 0 Å². The molecule has 7 heteroatoms. The van der Waals surface area contributed by atoms with Crippen LogP contribution in [0.4, 0.5) is 21.5 Å². The van der Waals surface area contributed by atoms with Crippen molar-refractivity contribution in [2.45, 2.75) is 0 Å². The summed E-state index contributed by atoms with van der Waals surface area (Å²) in [5, 5.41) is 13.8. The van der Waals surface area contributed by atoms with Gasteiger partial charge in [0.1, 0.15) is 0 Å². The molecule has 0 aromatic heterocycles. The van der Waals surface area contributed by atoms with Gasteiger partial charge in [-0.15, -0.1) is 0 Å². The molecule has 104 valence electrons.